The lowest BCUT2D eigenvalue weighted by Gasteiger charge is -2.33. The van der Waals surface area contributed by atoms with E-state index >= 15 is 0 Å². The molecule has 1 saturated heterocycles. The highest BCUT2D eigenvalue weighted by Crippen LogP contribution is 2.38. The Hall–Kier alpha value is -2.73. The van der Waals surface area contributed by atoms with E-state index in [1.54, 1.807) is 33.5 Å². The van der Waals surface area contributed by atoms with Gasteiger partial charge in [-0.15, -0.1) is 0 Å². The number of amides is 1. The van der Waals surface area contributed by atoms with Gasteiger partial charge in [-0.2, -0.15) is 0 Å². The summed E-state index contributed by atoms with van der Waals surface area (Å²) in [5.41, 5.74) is 1.84. The van der Waals surface area contributed by atoms with E-state index in [4.69, 9.17) is 14.2 Å². The second kappa shape index (κ2) is 10.2. The summed E-state index contributed by atoms with van der Waals surface area (Å²) >= 11 is 0. The van der Waals surface area contributed by atoms with E-state index in [2.05, 4.69) is 34.5 Å². The molecule has 2 aromatic carbocycles. The maximum atomic E-state index is 12.9. The van der Waals surface area contributed by atoms with Gasteiger partial charge in [0, 0.05) is 24.7 Å². The Morgan fingerprint density at radius 2 is 1.76 bits per heavy atom. The van der Waals surface area contributed by atoms with E-state index in [-0.39, 0.29) is 11.9 Å². The van der Waals surface area contributed by atoms with Crippen LogP contribution in [0.25, 0.3) is 0 Å². The fourth-order valence-corrected chi connectivity index (χ4v) is 3.79. The van der Waals surface area contributed by atoms with Crippen LogP contribution in [0.15, 0.2) is 42.5 Å². The largest absolute Gasteiger partial charge is 0.493 e. The van der Waals surface area contributed by atoms with Gasteiger partial charge in [-0.3, -0.25) is 4.79 Å². The Bertz CT molecular complexity index is 785. The number of likely N-dealkylation sites (tertiary alicyclic amines) is 1. The lowest BCUT2D eigenvalue weighted by atomic mass is 10.0. The standard InChI is InChI=1S/C23H30N2O4/c1-27-20-14-18(15-21(28-2)22(20)29-3)23(26)24-19-10-7-12-25(16-19)13-11-17-8-5-4-6-9-17/h4-6,8-9,14-15,19H,7,10-13,16H2,1-3H3,(H,24,26)/t19-/m1/s1. The molecule has 0 saturated carbocycles. The van der Waals surface area contributed by atoms with E-state index < -0.39 is 0 Å². The molecule has 0 aromatic heterocycles. The quantitative estimate of drug-likeness (QED) is 0.740. The van der Waals surface area contributed by atoms with Gasteiger partial charge < -0.3 is 24.4 Å². The van der Waals surface area contributed by atoms with Crippen LogP contribution < -0.4 is 19.5 Å². The zero-order chi connectivity index (χ0) is 20.6. The smallest absolute Gasteiger partial charge is 0.251 e. The summed E-state index contributed by atoms with van der Waals surface area (Å²) in [7, 11) is 4.64. The molecular weight excluding hydrogens is 368 g/mol. The fraction of sp³-hybridized carbons (Fsp3) is 0.435. The molecule has 156 valence electrons. The number of rotatable bonds is 8. The van der Waals surface area contributed by atoms with E-state index in [0.717, 1.165) is 38.9 Å². The molecule has 1 fully saturated rings. The molecule has 0 radical (unpaired) electrons. The van der Waals surface area contributed by atoms with E-state index in [1.165, 1.54) is 5.56 Å². The SMILES string of the molecule is COc1cc(C(=O)N[C@@H]2CCCN(CCc3ccccc3)C2)cc(OC)c1OC. The highest BCUT2D eigenvalue weighted by molar-refractivity contribution is 5.95. The number of carbonyl (C=O) groups excluding carboxylic acids is 1. The number of methoxy groups -OCH3 is 3. The van der Waals surface area contributed by atoms with Crippen LogP contribution in [-0.4, -0.2) is 57.8 Å². The molecule has 1 aliphatic rings. The van der Waals surface area contributed by atoms with Gasteiger partial charge >= 0.3 is 0 Å². The van der Waals surface area contributed by atoms with Gasteiger partial charge in [-0.25, -0.2) is 0 Å². The maximum absolute atomic E-state index is 12.9. The number of ether oxygens (including phenoxy) is 3. The van der Waals surface area contributed by atoms with Crippen LogP contribution in [0.4, 0.5) is 0 Å². The van der Waals surface area contributed by atoms with Crippen molar-refractivity contribution < 1.29 is 19.0 Å². The molecular formula is C23H30N2O4. The maximum Gasteiger partial charge on any atom is 0.251 e. The normalized spacial score (nSPS) is 16.9. The Morgan fingerprint density at radius 1 is 1.07 bits per heavy atom. The molecule has 1 heterocycles. The number of carbonyl (C=O) groups is 1. The van der Waals surface area contributed by atoms with Gasteiger partial charge in [0.25, 0.3) is 5.91 Å². The molecule has 1 atom stereocenters. The van der Waals surface area contributed by atoms with Crippen molar-refractivity contribution in [1.29, 1.82) is 0 Å². The molecule has 3 rings (SSSR count). The lowest BCUT2D eigenvalue weighted by molar-refractivity contribution is 0.0903. The lowest BCUT2D eigenvalue weighted by Crippen LogP contribution is -2.48. The number of benzene rings is 2. The Labute approximate surface area is 172 Å². The average molecular weight is 399 g/mol. The van der Waals surface area contributed by atoms with Crippen LogP contribution in [0.2, 0.25) is 0 Å². The molecule has 0 spiro atoms. The first-order valence-corrected chi connectivity index (χ1v) is 10.0. The summed E-state index contributed by atoms with van der Waals surface area (Å²) in [4.78, 5) is 15.3. The fourth-order valence-electron chi connectivity index (χ4n) is 3.79. The predicted molar refractivity (Wildman–Crippen MR) is 113 cm³/mol. The van der Waals surface area contributed by atoms with Crippen LogP contribution in [0.1, 0.15) is 28.8 Å². The van der Waals surface area contributed by atoms with Crippen LogP contribution >= 0.6 is 0 Å². The topological polar surface area (TPSA) is 60.0 Å². The molecule has 0 bridgehead atoms. The Balaban J connectivity index is 1.61. The second-order valence-corrected chi connectivity index (χ2v) is 7.26. The predicted octanol–water partition coefficient (Wildman–Crippen LogP) is 3.15. The van der Waals surface area contributed by atoms with Crippen molar-refractivity contribution in [3.8, 4) is 17.2 Å². The summed E-state index contributed by atoms with van der Waals surface area (Å²) in [6, 6.07) is 14.0. The van der Waals surface area contributed by atoms with E-state index in [9.17, 15) is 4.79 Å². The number of nitrogens with zero attached hydrogens (tertiary/aromatic N) is 1. The average Bonchev–Trinajstić information content (AvgIpc) is 2.77. The van der Waals surface area contributed by atoms with E-state index in [0.29, 0.717) is 22.8 Å². The monoisotopic (exact) mass is 398 g/mol. The minimum atomic E-state index is -0.126. The number of nitrogens with one attached hydrogen (secondary N) is 1. The summed E-state index contributed by atoms with van der Waals surface area (Å²) in [6.07, 6.45) is 3.08. The molecule has 6 heteroatoms. The van der Waals surface area contributed by atoms with Gasteiger partial charge in [0.2, 0.25) is 5.75 Å². The van der Waals surface area contributed by atoms with Crippen molar-refractivity contribution in [1.82, 2.24) is 10.2 Å². The minimum Gasteiger partial charge on any atom is -0.493 e. The zero-order valence-corrected chi connectivity index (χ0v) is 17.4. The van der Waals surface area contributed by atoms with Crippen molar-refractivity contribution in [2.24, 2.45) is 0 Å². The summed E-state index contributed by atoms with van der Waals surface area (Å²) < 4.78 is 16.0. The second-order valence-electron chi connectivity index (χ2n) is 7.26. The van der Waals surface area contributed by atoms with Gasteiger partial charge in [-0.05, 0) is 43.5 Å². The first-order chi connectivity index (χ1) is 14.1. The third-order valence-corrected chi connectivity index (χ3v) is 5.33. The molecule has 29 heavy (non-hydrogen) atoms. The Kier molecular flexibility index (Phi) is 7.36. The highest BCUT2D eigenvalue weighted by Gasteiger charge is 2.23. The van der Waals surface area contributed by atoms with Crippen LogP contribution in [0, 0.1) is 0 Å². The van der Waals surface area contributed by atoms with Gasteiger partial charge in [0.05, 0.1) is 21.3 Å². The van der Waals surface area contributed by atoms with Crippen molar-refractivity contribution in [2.45, 2.75) is 25.3 Å². The van der Waals surface area contributed by atoms with Crippen molar-refractivity contribution >= 4 is 5.91 Å². The number of hydrogen-bond donors (Lipinski definition) is 1. The molecule has 6 nitrogen and oxygen atoms in total. The first-order valence-electron chi connectivity index (χ1n) is 10.0. The van der Waals surface area contributed by atoms with Crippen LogP contribution in [0.3, 0.4) is 0 Å². The third kappa shape index (κ3) is 5.41. The molecule has 2 aromatic rings. The number of piperidine rings is 1. The highest BCUT2D eigenvalue weighted by atomic mass is 16.5. The number of hydrogen-bond acceptors (Lipinski definition) is 5. The third-order valence-electron chi connectivity index (χ3n) is 5.33. The van der Waals surface area contributed by atoms with Gasteiger partial charge in [-0.1, -0.05) is 30.3 Å². The summed E-state index contributed by atoms with van der Waals surface area (Å²) in [5.74, 6) is 1.31. The Morgan fingerprint density at radius 3 is 2.38 bits per heavy atom. The van der Waals surface area contributed by atoms with Crippen LogP contribution in [0.5, 0.6) is 17.2 Å². The van der Waals surface area contributed by atoms with Gasteiger partial charge in [0.15, 0.2) is 11.5 Å². The van der Waals surface area contributed by atoms with Crippen molar-refractivity contribution in [3.05, 3.63) is 53.6 Å². The molecule has 0 aliphatic carbocycles. The zero-order valence-electron chi connectivity index (χ0n) is 17.4. The summed E-state index contributed by atoms with van der Waals surface area (Å²) in [6.45, 7) is 2.94. The van der Waals surface area contributed by atoms with Crippen LogP contribution in [-0.2, 0) is 6.42 Å². The minimum absolute atomic E-state index is 0.126. The molecule has 0 unspecified atom stereocenters. The molecule has 1 aliphatic heterocycles. The van der Waals surface area contributed by atoms with Crippen molar-refractivity contribution in [3.63, 3.8) is 0 Å². The van der Waals surface area contributed by atoms with Gasteiger partial charge in [0.1, 0.15) is 0 Å². The summed E-state index contributed by atoms with van der Waals surface area (Å²) in [5, 5.41) is 3.17. The van der Waals surface area contributed by atoms with E-state index in [1.807, 2.05) is 6.07 Å². The molecule has 1 N–H and O–H groups in total. The first kappa shape index (κ1) is 21.0. The van der Waals surface area contributed by atoms with Crippen molar-refractivity contribution in [2.75, 3.05) is 41.0 Å². The molecule has 1 amide bonds.